The van der Waals surface area contributed by atoms with E-state index in [1.54, 1.807) is 17.1 Å². The van der Waals surface area contributed by atoms with Crippen LogP contribution < -0.4 is 0 Å². The first-order valence-electron chi connectivity index (χ1n) is 6.14. The van der Waals surface area contributed by atoms with Gasteiger partial charge in [0.1, 0.15) is 0 Å². The molecule has 0 aromatic heterocycles. The summed E-state index contributed by atoms with van der Waals surface area (Å²) >= 11 is 0. The fourth-order valence-corrected chi connectivity index (χ4v) is 1.34. The minimum atomic E-state index is 0.0563. The zero-order valence-corrected chi connectivity index (χ0v) is 11.8. The van der Waals surface area contributed by atoms with E-state index in [1.165, 1.54) is 11.1 Å². The Bertz CT molecular complexity index is 320. The molecule has 0 rings (SSSR count). The average molecular weight is 235 g/mol. The molecule has 0 aromatic rings. The quantitative estimate of drug-likeness (QED) is 0.507. The highest BCUT2D eigenvalue weighted by Gasteiger charge is 2.01. The van der Waals surface area contributed by atoms with Gasteiger partial charge < -0.3 is 4.90 Å². The Balaban J connectivity index is 4.06. The Morgan fingerprint density at radius 3 is 2.35 bits per heavy atom. The summed E-state index contributed by atoms with van der Waals surface area (Å²) in [5.41, 5.74) is 2.70. The summed E-state index contributed by atoms with van der Waals surface area (Å²) in [6, 6.07) is 0. The van der Waals surface area contributed by atoms with Gasteiger partial charge in [-0.25, -0.2) is 0 Å². The molecule has 0 aliphatic heterocycles. The number of carbonyl (C=O) groups is 1. The van der Waals surface area contributed by atoms with Gasteiger partial charge in [-0.15, -0.1) is 0 Å². The van der Waals surface area contributed by atoms with Crippen LogP contribution in [0.2, 0.25) is 0 Å². The monoisotopic (exact) mass is 235 g/mol. The summed E-state index contributed by atoms with van der Waals surface area (Å²) in [6.07, 6.45) is 9.87. The highest BCUT2D eigenvalue weighted by Crippen LogP contribution is 2.06. The molecule has 0 unspecified atom stereocenters. The van der Waals surface area contributed by atoms with Crippen molar-refractivity contribution < 1.29 is 4.79 Å². The van der Waals surface area contributed by atoms with Crippen LogP contribution in [0.15, 0.2) is 35.5 Å². The molecule has 0 spiro atoms. The van der Waals surface area contributed by atoms with E-state index >= 15 is 0 Å². The van der Waals surface area contributed by atoms with Crippen molar-refractivity contribution in [2.75, 3.05) is 13.6 Å². The van der Waals surface area contributed by atoms with Gasteiger partial charge in [-0.2, -0.15) is 0 Å². The summed E-state index contributed by atoms with van der Waals surface area (Å²) in [6.45, 7) is 8.88. The molecule has 0 fully saturated rings. The highest BCUT2D eigenvalue weighted by molar-refractivity contribution is 5.87. The Kier molecular flexibility index (Phi) is 8.12. The molecule has 2 nitrogen and oxygen atoms in total. The predicted molar refractivity (Wildman–Crippen MR) is 74.9 cm³/mol. The molecule has 2 heteroatoms. The third-order valence-corrected chi connectivity index (χ3v) is 2.49. The second-order valence-corrected chi connectivity index (χ2v) is 4.59. The number of nitrogens with zero attached hydrogens (tertiary/aromatic N) is 1. The van der Waals surface area contributed by atoms with Crippen LogP contribution in [0.25, 0.3) is 0 Å². The number of likely N-dealkylation sites (N-methyl/N-ethyl adjacent to an activating group) is 1. The van der Waals surface area contributed by atoms with Crippen LogP contribution in [0.4, 0.5) is 0 Å². The number of hydrogen-bond donors (Lipinski definition) is 0. The highest BCUT2D eigenvalue weighted by atomic mass is 16.2. The van der Waals surface area contributed by atoms with Gasteiger partial charge in [0.2, 0.25) is 5.91 Å². The third-order valence-electron chi connectivity index (χ3n) is 2.49. The van der Waals surface area contributed by atoms with Crippen molar-refractivity contribution in [1.29, 1.82) is 0 Å². The smallest absolute Gasteiger partial charge is 0.246 e. The first kappa shape index (κ1) is 15.7. The second kappa shape index (κ2) is 8.80. The van der Waals surface area contributed by atoms with E-state index in [4.69, 9.17) is 0 Å². The van der Waals surface area contributed by atoms with Gasteiger partial charge >= 0.3 is 0 Å². The zero-order chi connectivity index (χ0) is 13.3. The molecule has 17 heavy (non-hydrogen) atoms. The van der Waals surface area contributed by atoms with Crippen molar-refractivity contribution in [2.24, 2.45) is 0 Å². The van der Waals surface area contributed by atoms with Gasteiger partial charge in [0.25, 0.3) is 0 Å². The number of rotatable bonds is 6. The van der Waals surface area contributed by atoms with E-state index in [0.717, 1.165) is 12.8 Å². The molecule has 0 aliphatic rings. The van der Waals surface area contributed by atoms with E-state index in [2.05, 4.69) is 32.9 Å². The van der Waals surface area contributed by atoms with E-state index in [1.807, 2.05) is 14.0 Å². The van der Waals surface area contributed by atoms with Crippen molar-refractivity contribution in [2.45, 2.75) is 40.5 Å². The van der Waals surface area contributed by atoms with Crippen LogP contribution in [0.3, 0.4) is 0 Å². The number of allylic oxidation sites excluding steroid dienone is 4. The van der Waals surface area contributed by atoms with Gasteiger partial charge in [-0.05, 0) is 46.6 Å². The maximum absolute atomic E-state index is 11.5. The van der Waals surface area contributed by atoms with Gasteiger partial charge in [0, 0.05) is 13.6 Å². The summed E-state index contributed by atoms with van der Waals surface area (Å²) in [5, 5.41) is 0. The topological polar surface area (TPSA) is 20.3 Å². The van der Waals surface area contributed by atoms with Crippen LogP contribution in [0.5, 0.6) is 0 Å². The van der Waals surface area contributed by atoms with Gasteiger partial charge in [0.05, 0.1) is 0 Å². The minimum absolute atomic E-state index is 0.0563. The van der Waals surface area contributed by atoms with Crippen LogP contribution in [0.1, 0.15) is 40.5 Å². The van der Waals surface area contributed by atoms with Crippen molar-refractivity contribution >= 4 is 5.91 Å². The maximum atomic E-state index is 11.5. The maximum Gasteiger partial charge on any atom is 0.246 e. The van der Waals surface area contributed by atoms with E-state index < -0.39 is 0 Å². The first-order valence-corrected chi connectivity index (χ1v) is 6.14. The van der Waals surface area contributed by atoms with E-state index in [0.29, 0.717) is 6.54 Å². The van der Waals surface area contributed by atoms with Gasteiger partial charge in [-0.1, -0.05) is 29.4 Å². The number of carbonyl (C=O) groups excluding carboxylic acids is 1. The minimum Gasteiger partial charge on any atom is -0.339 e. The predicted octanol–water partition coefficient (Wildman–Crippen LogP) is 3.71. The Hall–Kier alpha value is -1.31. The van der Waals surface area contributed by atoms with Crippen LogP contribution in [-0.2, 0) is 4.79 Å². The molecular formula is C15H25NO. The molecule has 0 aliphatic carbocycles. The standard InChI is InChI=1S/C15H25NO/c1-6-8-15(17)16(5)12-11-14(4)10-7-9-13(2)3/h6,8-9,11H,7,10,12H2,1-5H3/b8-6+,14-11-. The summed E-state index contributed by atoms with van der Waals surface area (Å²) in [7, 11) is 1.82. The average Bonchev–Trinajstić information content (AvgIpc) is 2.25. The lowest BCUT2D eigenvalue weighted by molar-refractivity contribution is -0.124. The Morgan fingerprint density at radius 2 is 1.82 bits per heavy atom. The molecule has 0 atom stereocenters. The zero-order valence-electron chi connectivity index (χ0n) is 11.8. The Labute approximate surface area is 106 Å². The lowest BCUT2D eigenvalue weighted by Crippen LogP contribution is -2.24. The fourth-order valence-electron chi connectivity index (χ4n) is 1.34. The van der Waals surface area contributed by atoms with Gasteiger partial charge in [-0.3, -0.25) is 4.79 Å². The summed E-state index contributed by atoms with van der Waals surface area (Å²) in [4.78, 5) is 13.2. The third kappa shape index (κ3) is 8.49. The largest absolute Gasteiger partial charge is 0.339 e. The van der Waals surface area contributed by atoms with Crippen LogP contribution in [-0.4, -0.2) is 24.4 Å². The molecule has 0 aromatic carbocycles. The lowest BCUT2D eigenvalue weighted by atomic mass is 10.1. The Morgan fingerprint density at radius 1 is 1.18 bits per heavy atom. The van der Waals surface area contributed by atoms with Crippen molar-refractivity contribution in [3.63, 3.8) is 0 Å². The van der Waals surface area contributed by atoms with Crippen molar-refractivity contribution in [3.05, 3.63) is 35.5 Å². The number of amides is 1. The summed E-state index contributed by atoms with van der Waals surface area (Å²) in [5.74, 6) is 0.0563. The van der Waals surface area contributed by atoms with Crippen LogP contribution in [0, 0.1) is 0 Å². The van der Waals surface area contributed by atoms with Crippen molar-refractivity contribution in [1.82, 2.24) is 4.90 Å². The fraction of sp³-hybridized carbons (Fsp3) is 0.533. The number of hydrogen-bond acceptors (Lipinski definition) is 1. The normalized spacial score (nSPS) is 11.7. The molecule has 0 saturated heterocycles. The first-order chi connectivity index (χ1) is 7.97. The SMILES string of the molecule is C/C=C/C(=O)N(C)C/C=C(/C)CCC=C(C)C. The summed E-state index contributed by atoms with van der Waals surface area (Å²) < 4.78 is 0. The second-order valence-electron chi connectivity index (χ2n) is 4.59. The van der Waals surface area contributed by atoms with Gasteiger partial charge in [0.15, 0.2) is 0 Å². The van der Waals surface area contributed by atoms with E-state index in [9.17, 15) is 4.79 Å². The molecule has 0 bridgehead atoms. The molecule has 0 heterocycles. The molecular weight excluding hydrogens is 210 g/mol. The van der Waals surface area contributed by atoms with Crippen LogP contribution >= 0.6 is 0 Å². The molecule has 0 N–H and O–H groups in total. The lowest BCUT2D eigenvalue weighted by Gasteiger charge is -2.12. The molecule has 0 saturated carbocycles. The van der Waals surface area contributed by atoms with Crippen molar-refractivity contribution in [3.8, 4) is 0 Å². The molecule has 0 radical (unpaired) electrons. The van der Waals surface area contributed by atoms with E-state index in [-0.39, 0.29) is 5.91 Å². The molecule has 96 valence electrons. The molecule has 1 amide bonds.